The first-order valence-corrected chi connectivity index (χ1v) is 5.27. The summed E-state index contributed by atoms with van der Waals surface area (Å²) in [7, 11) is 0. The van der Waals surface area contributed by atoms with Gasteiger partial charge in [-0.2, -0.15) is 0 Å². The van der Waals surface area contributed by atoms with Crippen LogP contribution in [0.25, 0.3) is 27.7 Å². The van der Waals surface area contributed by atoms with Gasteiger partial charge in [0.2, 0.25) is 0 Å². The van der Waals surface area contributed by atoms with Crippen molar-refractivity contribution in [3.63, 3.8) is 0 Å². The van der Waals surface area contributed by atoms with E-state index in [1.165, 1.54) is 5.39 Å². The summed E-state index contributed by atoms with van der Waals surface area (Å²) in [5.41, 5.74) is 4.23. The summed E-state index contributed by atoms with van der Waals surface area (Å²) in [6, 6.07) is 14.3. The Morgan fingerprint density at radius 3 is 2.76 bits per heavy atom. The van der Waals surface area contributed by atoms with Crippen molar-refractivity contribution in [3.05, 3.63) is 48.7 Å². The monoisotopic (exact) mass is 243 g/mol. The van der Waals surface area contributed by atoms with Crippen LogP contribution in [0.3, 0.4) is 0 Å². The molecule has 3 heterocycles. The molecule has 3 nitrogen and oxygen atoms in total. The lowest BCUT2D eigenvalue weighted by Gasteiger charge is -1.91. The van der Waals surface area contributed by atoms with E-state index in [0.717, 1.165) is 22.3 Å². The van der Waals surface area contributed by atoms with E-state index in [9.17, 15) is 0 Å². The summed E-state index contributed by atoms with van der Waals surface area (Å²) in [5.74, 6) is 0. The molecular weight excluding hydrogens is 234 g/mol. The Bertz CT molecular complexity index is 743. The van der Waals surface area contributed by atoms with E-state index in [-0.39, 0.29) is 12.4 Å². The molecule has 0 saturated carbocycles. The summed E-state index contributed by atoms with van der Waals surface area (Å²) in [6.45, 7) is 0. The first-order valence-electron chi connectivity index (χ1n) is 5.27. The summed E-state index contributed by atoms with van der Waals surface area (Å²) in [6.07, 6.45) is 2.03. The minimum absolute atomic E-state index is 0. The number of H-pyrrole nitrogens is 1. The molecule has 0 atom stereocenters. The van der Waals surface area contributed by atoms with E-state index in [2.05, 4.69) is 26.5 Å². The Morgan fingerprint density at radius 2 is 1.82 bits per heavy atom. The molecule has 17 heavy (non-hydrogen) atoms. The number of nitrogens with one attached hydrogen (secondary N) is 1. The highest BCUT2D eigenvalue weighted by Gasteiger charge is 2.09. The molecule has 1 aromatic carbocycles. The number of imidazole rings is 1. The molecule has 4 aromatic rings. The van der Waals surface area contributed by atoms with Gasteiger partial charge in [0.15, 0.2) is 0 Å². The quantitative estimate of drug-likeness (QED) is 0.505. The van der Waals surface area contributed by atoms with Gasteiger partial charge in [0.1, 0.15) is 16.8 Å². The number of para-hydroxylation sites is 1. The lowest BCUT2D eigenvalue weighted by molar-refractivity contribution is 1.20. The van der Waals surface area contributed by atoms with Crippen molar-refractivity contribution in [1.29, 1.82) is 0 Å². The molecule has 4 rings (SSSR count). The van der Waals surface area contributed by atoms with E-state index >= 15 is 0 Å². The number of hydrogen-bond acceptors (Lipinski definition) is 1. The number of nitrogens with zero attached hydrogens (tertiary/aromatic N) is 2. The van der Waals surface area contributed by atoms with Gasteiger partial charge < -0.3 is 4.98 Å². The standard InChI is InChI=1S/C13H9N3.ClH/c1-2-6-10-9(5-1)12-13(14-10)16-8-4-3-7-11(16)15-12;/h1-8,14H;1H. The van der Waals surface area contributed by atoms with Crippen molar-refractivity contribution in [3.8, 4) is 0 Å². The molecule has 0 bridgehead atoms. The summed E-state index contributed by atoms with van der Waals surface area (Å²) in [4.78, 5) is 8.04. The van der Waals surface area contributed by atoms with E-state index in [0.29, 0.717) is 0 Å². The Kier molecular flexibility index (Phi) is 2.09. The minimum atomic E-state index is 0. The van der Waals surface area contributed by atoms with Crippen LogP contribution >= 0.6 is 12.4 Å². The summed E-state index contributed by atoms with van der Waals surface area (Å²) < 4.78 is 2.08. The highest BCUT2D eigenvalue weighted by atomic mass is 35.5. The SMILES string of the molecule is Cl.c1ccc2c(c1)[nH]c1c2nc2ccccn21. The fourth-order valence-electron chi connectivity index (χ4n) is 2.23. The molecular formula is C13H10ClN3. The average molecular weight is 244 g/mol. The van der Waals surface area contributed by atoms with Crippen molar-refractivity contribution < 1.29 is 0 Å². The van der Waals surface area contributed by atoms with Gasteiger partial charge in [-0.1, -0.05) is 24.3 Å². The molecule has 0 saturated heterocycles. The van der Waals surface area contributed by atoms with Crippen molar-refractivity contribution in [1.82, 2.24) is 14.4 Å². The third-order valence-corrected chi connectivity index (χ3v) is 2.97. The molecule has 0 aliphatic carbocycles. The fourth-order valence-corrected chi connectivity index (χ4v) is 2.23. The van der Waals surface area contributed by atoms with Crippen LogP contribution in [0.15, 0.2) is 48.7 Å². The Labute approximate surface area is 103 Å². The molecule has 0 radical (unpaired) electrons. The average Bonchev–Trinajstić information content (AvgIpc) is 2.85. The van der Waals surface area contributed by atoms with Gasteiger partial charge in [0.25, 0.3) is 0 Å². The summed E-state index contributed by atoms with van der Waals surface area (Å²) in [5, 5.41) is 1.18. The number of benzene rings is 1. The second kappa shape index (κ2) is 3.50. The highest BCUT2D eigenvalue weighted by molar-refractivity contribution is 6.05. The molecule has 0 spiro atoms. The zero-order chi connectivity index (χ0) is 10.5. The molecule has 0 fully saturated rings. The van der Waals surface area contributed by atoms with Gasteiger partial charge in [-0.3, -0.25) is 4.40 Å². The van der Waals surface area contributed by atoms with Crippen LogP contribution in [0.1, 0.15) is 0 Å². The molecule has 1 N–H and O–H groups in total. The van der Waals surface area contributed by atoms with Gasteiger partial charge in [-0.05, 0) is 18.2 Å². The Hall–Kier alpha value is -2.00. The predicted octanol–water partition coefficient (Wildman–Crippen LogP) is 3.39. The third-order valence-electron chi connectivity index (χ3n) is 2.97. The number of aromatic nitrogens is 3. The Balaban J connectivity index is 0.000000902. The summed E-state index contributed by atoms with van der Waals surface area (Å²) >= 11 is 0. The molecule has 0 amide bonds. The predicted molar refractivity (Wildman–Crippen MR) is 71.8 cm³/mol. The van der Waals surface area contributed by atoms with E-state index < -0.39 is 0 Å². The molecule has 4 heteroatoms. The second-order valence-electron chi connectivity index (χ2n) is 3.91. The molecule has 0 aliphatic rings. The number of pyridine rings is 1. The lowest BCUT2D eigenvalue weighted by atomic mass is 10.2. The number of hydrogen-bond donors (Lipinski definition) is 1. The zero-order valence-corrected chi connectivity index (χ0v) is 9.74. The normalized spacial score (nSPS) is 11.1. The molecule has 0 aliphatic heterocycles. The van der Waals surface area contributed by atoms with Gasteiger partial charge in [0.05, 0.1) is 0 Å². The van der Waals surface area contributed by atoms with Gasteiger partial charge >= 0.3 is 0 Å². The lowest BCUT2D eigenvalue weighted by Crippen LogP contribution is -1.82. The van der Waals surface area contributed by atoms with Crippen molar-refractivity contribution >= 4 is 40.1 Å². The van der Waals surface area contributed by atoms with Crippen molar-refractivity contribution in [2.45, 2.75) is 0 Å². The first kappa shape index (κ1) is 10.2. The highest BCUT2D eigenvalue weighted by Crippen LogP contribution is 2.25. The molecule has 3 aromatic heterocycles. The van der Waals surface area contributed by atoms with E-state index in [1.54, 1.807) is 0 Å². The van der Waals surface area contributed by atoms with Crippen LogP contribution in [0.2, 0.25) is 0 Å². The number of aromatic amines is 1. The van der Waals surface area contributed by atoms with Crippen LogP contribution in [-0.4, -0.2) is 14.4 Å². The first-order chi connectivity index (χ1) is 7.93. The minimum Gasteiger partial charge on any atom is -0.339 e. The number of halogens is 1. The number of rotatable bonds is 0. The van der Waals surface area contributed by atoms with Crippen LogP contribution < -0.4 is 0 Å². The van der Waals surface area contributed by atoms with E-state index in [1.807, 2.05) is 36.5 Å². The largest absolute Gasteiger partial charge is 0.339 e. The van der Waals surface area contributed by atoms with Crippen molar-refractivity contribution in [2.24, 2.45) is 0 Å². The topological polar surface area (TPSA) is 33.1 Å². The van der Waals surface area contributed by atoms with Gasteiger partial charge in [-0.15, -0.1) is 12.4 Å². The maximum atomic E-state index is 4.64. The third kappa shape index (κ3) is 1.26. The Morgan fingerprint density at radius 1 is 1.00 bits per heavy atom. The second-order valence-corrected chi connectivity index (χ2v) is 3.91. The fraction of sp³-hybridized carbons (Fsp3) is 0. The van der Waals surface area contributed by atoms with Crippen LogP contribution in [0.4, 0.5) is 0 Å². The molecule has 0 unspecified atom stereocenters. The maximum absolute atomic E-state index is 4.64. The van der Waals surface area contributed by atoms with Crippen LogP contribution in [0.5, 0.6) is 0 Å². The zero-order valence-electron chi connectivity index (χ0n) is 8.92. The van der Waals surface area contributed by atoms with Crippen LogP contribution in [-0.2, 0) is 0 Å². The van der Waals surface area contributed by atoms with Crippen LogP contribution in [0, 0.1) is 0 Å². The maximum Gasteiger partial charge on any atom is 0.143 e. The molecule has 84 valence electrons. The van der Waals surface area contributed by atoms with Crippen molar-refractivity contribution in [2.75, 3.05) is 0 Å². The smallest absolute Gasteiger partial charge is 0.143 e. The van der Waals surface area contributed by atoms with Gasteiger partial charge in [-0.25, -0.2) is 4.98 Å². The van der Waals surface area contributed by atoms with E-state index in [4.69, 9.17) is 0 Å². The van der Waals surface area contributed by atoms with Gasteiger partial charge in [0, 0.05) is 17.1 Å². The number of fused-ring (bicyclic) bond motifs is 5.